The van der Waals surface area contributed by atoms with Crippen molar-refractivity contribution in [2.24, 2.45) is 5.73 Å². The molecule has 0 aliphatic carbocycles. The number of carbonyl (C=O) groups is 1. The number of rotatable bonds is 9. The summed E-state index contributed by atoms with van der Waals surface area (Å²) < 4.78 is 29.9. The van der Waals surface area contributed by atoms with Gasteiger partial charge in [0.2, 0.25) is 10.0 Å². The molecule has 1 aromatic carbocycles. The lowest BCUT2D eigenvalue weighted by atomic mass is 10.2. The Kier molecular flexibility index (Phi) is 7.77. The second-order valence-corrected chi connectivity index (χ2v) is 7.72. The molecular formula is C14H22ClN3O4S. The molecule has 130 valence electrons. The first-order chi connectivity index (χ1) is 10.8. The SMILES string of the molecule is CN(C)S(=O)(=O)CCNC(=O)c1ccc(Cl)cc1OCCCN. The van der Waals surface area contributed by atoms with Crippen LogP contribution in [0.15, 0.2) is 18.2 Å². The van der Waals surface area contributed by atoms with Crippen molar-refractivity contribution in [3.05, 3.63) is 28.8 Å². The summed E-state index contributed by atoms with van der Waals surface area (Å²) in [6, 6.07) is 4.66. The van der Waals surface area contributed by atoms with Gasteiger partial charge in [0.05, 0.1) is 17.9 Å². The number of amides is 1. The van der Waals surface area contributed by atoms with Gasteiger partial charge < -0.3 is 15.8 Å². The van der Waals surface area contributed by atoms with Gasteiger partial charge in [0.15, 0.2) is 0 Å². The number of ether oxygens (including phenoxy) is 1. The van der Waals surface area contributed by atoms with Crippen molar-refractivity contribution in [3.8, 4) is 5.75 Å². The maximum atomic E-state index is 12.2. The van der Waals surface area contributed by atoms with Crippen molar-refractivity contribution in [2.45, 2.75) is 6.42 Å². The number of halogens is 1. The van der Waals surface area contributed by atoms with E-state index in [0.717, 1.165) is 4.31 Å². The van der Waals surface area contributed by atoms with Crippen LogP contribution in [0.5, 0.6) is 5.75 Å². The molecule has 0 aliphatic heterocycles. The van der Waals surface area contributed by atoms with Crippen LogP contribution < -0.4 is 15.8 Å². The fourth-order valence-electron chi connectivity index (χ4n) is 1.64. The molecule has 23 heavy (non-hydrogen) atoms. The van der Waals surface area contributed by atoms with Gasteiger partial charge in [0, 0.05) is 25.7 Å². The Balaban J connectivity index is 2.72. The number of nitrogens with one attached hydrogen (secondary N) is 1. The van der Waals surface area contributed by atoms with Crippen LogP contribution in [0.3, 0.4) is 0 Å². The number of nitrogens with zero attached hydrogens (tertiary/aromatic N) is 1. The Hall–Kier alpha value is -1.35. The minimum absolute atomic E-state index is 0.00418. The zero-order chi connectivity index (χ0) is 17.5. The summed E-state index contributed by atoms with van der Waals surface area (Å²) in [5.41, 5.74) is 5.70. The molecule has 0 unspecified atom stereocenters. The van der Waals surface area contributed by atoms with Crippen LogP contribution in [0.4, 0.5) is 0 Å². The van der Waals surface area contributed by atoms with E-state index >= 15 is 0 Å². The first kappa shape index (κ1) is 19.7. The fourth-order valence-corrected chi connectivity index (χ4v) is 2.53. The minimum Gasteiger partial charge on any atom is -0.493 e. The maximum absolute atomic E-state index is 12.2. The van der Waals surface area contributed by atoms with Gasteiger partial charge in [-0.3, -0.25) is 4.79 Å². The zero-order valence-electron chi connectivity index (χ0n) is 13.2. The summed E-state index contributed by atoms with van der Waals surface area (Å²) in [4.78, 5) is 12.2. The van der Waals surface area contributed by atoms with Crippen LogP contribution in [0, 0.1) is 0 Å². The summed E-state index contributed by atoms with van der Waals surface area (Å²) in [7, 11) is -0.470. The van der Waals surface area contributed by atoms with Crippen molar-refractivity contribution in [3.63, 3.8) is 0 Å². The smallest absolute Gasteiger partial charge is 0.255 e. The minimum atomic E-state index is -3.36. The summed E-state index contributed by atoms with van der Waals surface area (Å²) in [5.74, 6) is -0.250. The first-order valence-corrected chi connectivity index (χ1v) is 9.07. The van der Waals surface area contributed by atoms with Crippen molar-refractivity contribution < 1.29 is 17.9 Å². The van der Waals surface area contributed by atoms with Crippen LogP contribution in [-0.4, -0.2) is 58.2 Å². The van der Waals surface area contributed by atoms with Crippen LogP contribution in [0.25, 0.3) is 0 Å². The number of hydrogen-bond acceptors (Lipinski definition) is 5. The molecule has 0 bridgehead atoms. The number of sulfonamides is 1. The number of benzene rings is 1. The van der Waals surface area contributed by atoms with Crippen molar-refractivity contribution in [2.75, 3.05) is 39.5 Å². The molecule has 0 aromatic heterocycles. The Morgan fingerprint density at radius 3 is 2.70 bits per heavy atom. The predicted octanol–water partition coefficient (Wildman–Crippen LogP) is 0.689. The van der Waals surface area contributed by atoms with Gasteiger partial charge in [-0.05, 0) is 31.2 Å². The molecule has 3 N–H and O–H groups in total. The van der Waals surface area contributed by atoms with Crippen molar-refractivity contribution >= 4 is 27.5 Å². The van der Waals surface area contributed by atoms with Crippen LogP contribution in [-0.2, 0) is 10.0 Å². The highest BCUT2D eigenvalue weighted by atomic mass is 35.5. The molecule has 1 rings (SSSR count). The van der Waals surface area contributed by atoms with E-state index in [1.165, 1.54) is 20.2 Å². The monoisotopic (exact) mass is 363 g/mol. The molecule has 1 amide bonds. The predicted molar refractivity (Wildman–Crippen MR) is 90.4 cm³/mol. The fraction of sp³-hybridized carbons (Fsp3) is 0.500. The lowest BCUT2D eigenvalue weighted by molar-refractivity contribution is 0.0952. The van der Waals surface area contributed by atoms with E-state index in [1.54, 1.807) is 12.1 Å². The average molecular weight is 364 g/mol. The Morgan fingerprint density at radius 1 is 1.39 bits per heavy atom. The highest BCUT2D eigenvalue weighted by Gasteiger charge is 2.16. The summed E-state index contributed by atoms with van der Waals surface area (Å²) in [6.07, 6.45) is 0.647. The van der Waals surface area contributed by atoms with Gasteiger partial charge in [0.25, 0.3) is 5.91 Å². The topological polar surface area (TPSA) is 102 Å². The largest absolute Gasteiger partial charge is 0.493 e. The quantitative estimate of drug-likeness (QED) is 0.628. The summed E-state index contributed by atoms with van der Waals surface area (Å²) >= 11 is 5.91. The molecule has 0 saturated carbocycles. The molecule has 9 heteroatoms. The lowest BCUT2D eigenvalue weighted by Crippen LogP contribution is -2.34. The molecule has 0 atom stereocenters. The standard InChI is InChI=1S/C14H22ClN3O4S/c1-18(2)23(20,21)9-7-17-14(19)12-5-4-11(15)10-13(12)22-8-3-6-16/h4-5,10H,3,6-9,16H2,1-2H3,(H,17,19). The third-order valence-corrected chi connectivity index (χ3v) is 5.06. The van der Waals surface area contributed by atoms with E-state index in [2.05, 4.69) is 5.32 Å². The third-order valence-electron chi connectivity index (χ3n) is 3.00. The number of carbonyl (C=O) groups excluding carboxylic acids is 1. The van der Waals surface area contributed by atoms with Crippen LogP contribution >= 0.6 is 11.6 Å². The van der Waals surface area contributed by atoms with Crippen LogP contribution in [0.2, 0.25) is 5.02 Å². The molecule has 0 spiro atoms. The van der Waals surface area contributed by atoms with E-state index < -0.39 is 15.9 Å². The van der Waals surface area contributed by atoms with Gasteiger partial charge in [-0.2, -0.15) is 0 Å². The normalized spacial score (nSPS) is 11.5. The maximum Gasteiger partial charge on any atom is 0.255 e. The van der Waals surface area contributed by atoms with E-state index in [9.17, 15) is 13.2 Å². The Bertz CT molecular complexity index is 635. The Morgan fingerprint density at radius 2 is 2.09 bits per heavy atom. The third kappa shape index (κ3) is 6.34. The molecule has 0 radical (unpaired) electrons. The molecule has 0 saturated heterocycles. The molecule has 7 nitrogen and oxygen atoms in total. The van der Waals surface area contributed by atoms with E-state index in [1.807, 2.05) is 0 Å². The number of nitrogens with two attached hydrogens (primary N) is 1. The Labute approximate surface area is 141 Å². The molecule has 0 aliphatic rings. The summed E-state index contributed by atoms with van der Waals surface area (Å²) in [5, 5.41) is 3.01. The van der Waals surface area contributed by atoms with Crippen LogP contribution in [0.1, 0.15) is 16.8 Å². The highest BCUT2D eigenvalue weighted by Crippen LogP contribution is 2.23. The van der Waals surface area contributed by atoms with Gasteiger partial charge in [-0.1, -0.05) is 11.6 Å². The summed E-state index contributed by atoms with van der Waals surface area (Å²) in [6.45, 7) is 0.848. The zero-order valence-corrected chi connectivity index (χ0v) is 14.8. The van der Waals surface area contributed by atoms with E-state index in [0.29, 0.717) is 35.9 Å². The molecular weight excluding hydrogens is 342 g/mol. The van der Waals surface area contributed by atoms with Crippen molar-refractivity contribution in [1.82, 2.24) is 9.62 Å². The highest BCUT2D eigenvalue weighted by molar-refractivity contribution is 7.89. The molecule has 0 fully saturated rings. The first-order valence-electron chi connectivity index (χ1n) is 7.08. The molecule has 0 heterocycles. The second kappa shape index (κ2) is 9.07. The van der Waals surface area contributed by atoms with Gasteiger partial charge >= 0.3 is 0 Å². The van der Waals surface area contributed by atoms with Gasteiger partial charge in [0.1, 0.15) is 5.75 Å². The van der Waals surface area contributed by atoms with Crippen molar-refractivity contribution in [1.29, 1.82) is 0 Å². The second-order valence-electron chi connectivity index (χ2n) is 4.99. The lowest BCUT2D eigenvalue weighted by Gasteiger charge is -2.13. The van der Waals surface area contributed by atoms with E-state index in [-0.39, 0.29) is 12.3 Å². The van der Waals surface area contributed by atoms with E-state index in [4.69, 9.17) is 22.1 Å². The van der Waals surface area contributed by atoms with Gasteiger partial charge in [-0.15, -0.1) is 0 Å². The van der Waals surface area contributed by atoms with Gasteiger partial charge in [-0.25, -0.2) is 12.7 Å². The molecule has 1 aromatic rings. The number of hydrogen-bond donors (Lipinski definition) is 2. The average Bonchev–Trinajstić information content (AvgIpc) is 2.47.